The number of allylic oxidation sites excluding steroid dienone is 1. The fourth-order valence-corrected chi connectivity index (χ4v) is 3.30. The summed E-state index contributed by atoms with van der Waals surface area (Å²) in [6.07, 6.45) is 3.48. The summed E-state index contributed by atoms with van der Waals surface area (Å²) in [6, 6.07) is 0. The van der Waals surface area contributed by atoms with Gasteiger partial charge in [0.1, 0.15) is 5.92 Å². The van der Waals surface area contributed by atoms with Crippen molar-refractivity contribution in [1.82, 2.24) is 0 Å². The minimum absolute atomic E-state index is 0.0537. The highest BCUT2D eigenvalue weighted by molar-refractivity contribution is 5.72. The van der Waals surface area contributed by atoms with E-state index in [1.807, 2.05) is 0 Å². The molecule has 0 spiro atoms. The van der Waals surface area contributed by atoms with Gasteiger partial charge < -0.3 is 9.47 Å². The number of rotatable bonds is 6. The molecule has 150 valence electrons. The summed E-state index contributed by atoms with van der Waals surface area (Å²) in [5.41, 5.74) is -1.32. The minimum Gasteiger partial charge on any atom is -0.466 e. The van der Waals surface area contributed by atoms with Gasteiger partial charge in [-0.25, -0.2) is 22.8 Å². The number of nitrogens with zero attached hydrogens (tertiary/aromatic N) is 2. The molecule has 0 aliphatic heterocycles. The maximum atomic E-state index is 12.0. The second-order valence-electron chi connectivity index (χ2n) is 6.18. The first-order valence-electron chi connectivity index (χ1n) is 9.09. The molecule has 6 nitrogen and oxygen atoms in total. The molecule has 1 fully saturated rings. The number of esters is 2. The standard InChI is InChI=1S/C20H24N2O4.C2H4/c1-6-16-14-17(19(24)25-7-2)10-11-18(16)20(21-4,22-5)12-8-9-13-26-15(3)23;1-2/h6,16-18H,1,7,10-14H2,2-3H3;1-2H2/t16-,17-,18-;/m0./s1. The van der Waals surface area contributed by atoms with Gasteiger partial charge >= 0.3 is 17.6 Å². The monoisotopic (exact) mass is 384 g/mol. The van der Waals surface area contributed by atoms with E-state index in [-0.39, 0.29) is 36.8 Å². The second kappa shape index (κ2) is 13.2. The van der Waals surface area contributed by atoms with E-state index in [4.69, 9.17) is 22.6 Å². The molecule has 0 aromatic carbocycles. The van der Waals surface area contributed by atoms with Gasteiger partial charge in [-0.2, -0.15) is 0 Å². The topological polar surface area (TPSA) is 61.3 Å². The summed E-state index contributed by atoms with van der Waals surface area (Å²) in [5.74, 6) is 4.22. The second-order valence-corrected chi connectivity index (χ2v) is 6.18. The summed E-state index contributed by atoms with van der Waals surface area (Å²) in [7, 11) is 0. The molecule has 0 bridgehead atoms. The van der Waals surface area contributed by atoms with Gasteiger partial charge in [0.2, 0.25) is 0 Å². The zero-order chi connectivity index (χ0) is 21.6. The lowest BCUT2D eigenvalue weighted by atomic mass is 9.68. The van der Waals surface area contributed by atoms with Gasteiger partial charge in [-0.1, -0.05) is 17.9 Å². The van der Waals surface area contributed by atoms with E-state index in [1.165, 1.54) is 6.92 Å². The molecule has 0 amide bonds. The maximum Gasteiger partial charge on any atom is 0.496 e. The molecule has 1 saturated carbocycles. The van der Waals surface area contributed by atoms with Gasteiger partial charge in [0.15, 0.2) is 13.0 Å². The van der Waals surface area contributed by atoms with Gasteiger partial charge in [0.25, 0.3) is 0 Å². The summed E-state index contributed by atoms with van der Waals surface area (Å²) in [5, 5.41) is 0. The molecule has 0 N–H and O–H groups in total. The van der Waals surface area contributed by atoms with Crippen molar-refractivity contribution < 1.29 is 19.1 Å². The highest BCUT2D eigenvalue weighted by Crippen LogP contribution is 2.45. The molecule has 1 aliphatic rings. The molecular formula is C22H28N2O4. The number of hydrogen-bond acceptors (Lipinski definition) is 4. The fraction of sp³-hybridized carbons (Fsp3) is 0.545. The fourth-order valence-electron chi connectivity index (χ4n) is 3.30. The molecule has 0 aromatic rings. The largest absolute Gasteiger partial charge is 0.496 e. The Kier molecular flexibility index (Phi) is 11.7. The van der Waals surface area contributed by atoms with Crippen LogP contribution in [0.15, 0.2) is 25.8 Å². The highest BCUT2D eigenvalue weighted by atomic mass is 16.5. The number of ether oxygens (including phenoxy) is 2. The molecule has 3 atom stereocenters. The van der Waals surface area contributed by atoms with Gasteiger partial charge in [0.05, 0.1) is 12.5 Å². The first-order chi connectivity index (χ1) is 13.4. The molecule has 6 heteroatoms. The molecule has 1 rings (SSSR count). The summed E-state index contributed by atoms with van der Waals surface area (Å²) in [4.78, 5) is 30.0. The highest BCUT2D eigenvalue weighted by Gasteiger charge is 2.56. The molecule has 0 aromatic heterocycles. The Morgan fingerprint density at radius 3 is 2.36 bits per heavy atom. The lowest BCUT2D eigenvalue weighted by Gasteiger charge is -2.33. The Hall–Kier alpha value is -3.04. The SMILES string of the molecule is C=C.[C-]#[N+]C(CC#CCOC(C)=O)([N+]#[C-])[C@H]1CC[C@H](C(=O)OCC)C[C@@H]1C=C. The average molecular weight is 384 g/mol. The molecule has 0 radical (unpaired) electrons. The lowest BCUT2D eigenvalue weighted by Crippen LogP contribution is -2.41. The van der Waals surface area contributed by atoms with Crippen molar-refractivity contribution in [2.24, 2.45) is 17.8 Å². The predicted molar refractivity (Wildman–Crippen MR) is 107 cm³/mol. The van der Waals surface area contributed by atoms with Crippen molar-refractivity contribution >= 4 is 11.9 Å². The third-order valence-corrected chi connectivity index (χ3v) is 4.62. The Balaban J connectivity index is 0.00000352. The third-order valence-electron chi connectivity index (χ3n) is 4.62. The van der Waals surface area contributed by atoms with Crippen LogP contribution in [0.1, 0.15) is 39.5 Å². The molecular weight excluding hydrogens is 356 g/mol. The van der Waals surface area contributed by atoms with Crippen molar-refractivity contribution in [3.05, 3.63) is 48.6 Å². The zero-order valence-corrected chi connectivity index (χ0v) is 16.7. The van der Waals surface area contributed by atoms with E-state index in [9.17, 15) is 9.59 Å². The Morgan fingerprint density at radius 1 is 1.21 bits per heavy atom. The van der Waals surface area contributed by atoms with E-state index in [2.05, 4.69) is 41.3 Å². The molecule has 0 unspecified atom stereocenters. The van der Waals surface area contributed by atoms with Gasteiger partial charge in [-0.15, -0.1) is 19.7 Å². The molecule has 28 heavy (non-hydrogen) atoms. The van der Waals surface area contributed by atoms with Gasteiger partial charge in [-0.05, 0) is 32.1 Å². The Bertz CT molecular complexity index is 676. The Labute approximate surface area is 168 Å². The van der Waals surface area contributed by atoms with Gasteiger partial charge in [-0.3, -0.25) is 9.59 Å². The van der Waals surface area contributed by atoms with Crippen LogP contribution in [-0.4, -0.2) is 30.8 Å². The van der Waals surface area contributed by atoms with Crippen LogP contribution in [0.3, 0.4) is 0 Å². The molecule has 0 saturated heterocycles. The minimum atomic E-state index is -1.32. The predicted octanol–water partition coefficient (Wildman–Crippen LogP) is 4.06. The zero-order valence-electron chi connectivity index (χ0n) is 16.7. The van der Waals surface area contributed by atoms with E-state index < -0.39 is 11.6 Å². The first-order valence-corrected chi connectivity index (χ1v) is 9.09. The average Bonchev–Trinajstić information content (AvgIpc) is 2.72. The normalized spacial score (nSPS) is 20.5. The van der Waals surface area contributed by atoms with Crippen LogP contribution in [0.4, 0.5) is 0 Å². The van der Waals surface area contributed by atoms with E-state index in [0.29, 0.717) is 25.9 Å². The Morgan fingerprint density at radius 2 is 1.86 bits per heavy atom. The molecule has 1 aliphatic carbocycles. The summed E-state index contributed by atoms with van der Waals surface area (Å²) in [6.45, 7) is 28.4. The van der Waals surface area contributed by atoms with Crippen LogP contribution in [0.5, 0.6) is 0 Å². The van der Waals surface area contributed by atoms with Crippen molar-refractivity contribution in [3.63, 3.8) is 0 Å². The summed E-state index contributed by atoms with van der Waals surface area (Å²) >= 11 is 0. The first kappa shape index (κ1) is 25.0. The number of hydrogen-bond donors (Lipinski definition) is 0. The van der Waals surface area contributed by atoms with Crippen LogP contribution in [0, 0.1) is 42.7 Å². The van der Waals surface area contributed by atoms with Crippen LogP contribution in [0.2, 0.25) is 0 Å². The lowest BCUT2D eigenvalue weighted by molar-refractivity contribution is -0.150. The van der Waals surface area contributed by atoms with Crippen LogP contribution >= 0.6 is 0 Å². The third kappa shape index (κ3) is 6.93. The van der Waals surface area contributed by atoms with Gasteiger partial charge in [0, 0.05) is 6.92 Å². The van der Waals surface area contributed by atoms with Crippen LogP contribution in [-0.2, 0) is 19.1 Å². The van der Waals surface area contributed by atoms with E-state index >= 15 is 0 Å². The number of carbonyl (C=O) groups excluding carboxylic acids is 2. The van der Waals surface area contributed by atoms with E-state index in [0.717, 1.165) is 0 Å². The smallest absolute Gasteiger partial charge is 0.466 e. The number of carbonyl (C=O) groups is 2. The van der Waals surface area contributed by atoms with Crippen molar-refractivity contribution in [2.45, 2.75) is 45.2 Å². The van der Waals surface area contributed by atoms with Crippen molar-refractivity contribution in [1.29, 1.82) is 0 Å². The van der Waals surface area contributed by atoms with Crippen molar-refractivity contribution in [2.75, 3.05) is 13.2 Å². The van der Waals surface area contributed by atoms with Crippen LogP contribution < -0.4 is 0 Å². The quantitative estimate of drug-likeness (QED) is 0.300. The molecule has 0 heterocycles. The van der Waals surface area contributed by atoms with Crippen molar-refractivity contribution in [3.8, 4) is 11.8 Å². The van der Waals surface area contributed by atoms with Crippen LogP contribution in [0.25, 0.3) is 9.69 Å². The maximum absolute atomic E-state index is 12.0. The summed E-state index contributed by atoms with van der Waals surface area (Å²) < 4.78 is 9.84. The van der Waals surface area contributed by atoms with E-state index in [1.54, 1.807) is 13.0 Å².